The van der Waals surface area contributed by atoms with Gasteiger partial charge in [0.1, 0.15) is 12.3 Å². The summed E-state index contributed by atoms with van der Waals surface area (Å²) in [5, 5.41) is 2.71. The lowest BCUT2D eigenvalue weighted by molar-refractivity contribution is -0.153. The third kappa shape index (κ3) is 4.20. The first kappa shape index (κ1) is 20.4. The Kier molecular flexibility index (Phi) is 5.57. The Bertz CT molecular complexity index is 1050. The van der Waals surface area contributed by atoms with Gasteiger partial charge in [0.15, 0.2) is 12.7 Å². The third-order valence-electron chi connectivity index (χ3n) is 5.04. The fourth-order valence-electron chi connectivity index (χ4n) is 3.56. The van der Waals surface area contributed by atoms with Crippen molar-refractivity contribution in [2.45, 2.75) is 19.4 Å². The average Bonchev–Trinajstić information content (AvgIpc) is 2.77. The van der Waals surface area contributed by atoms with Crippen molar-refractivity contribution in [3.63, 3.8) is 0 Å². The summed E-state index contributed by atoms with van der Waals surface area (Å²) in [4.78, 5) is 52.1. The number of nitrogens with one attached hydrogen (secondary N) is 1. The third-order valence-corrected chi connectivity index (χ3v) is 5.04. The molecule has 0 fully saturated rings. The number of hydrogen-bond donors (Lipinski definition) is 1. The molecule has 0 aromatic heterocycles. The molecule has 0 saturated heterocycles. The maximum atomic E-state index is 12.9. The van der Waals surface area contributed by atoms with Crippen molar-refractivity contribution in [2.24, 2.45) is 0 Å². The van der Waals surface area contributed by atoms with E-state index in [0.717, 1.165) is 0 Å². The summed E-state index contributed by atoms with van der Waals surface area (Å²) in [6.07, 6.45) is -1.17. The van der Waals surface area contributed by atoms with E-state index in [1.165, 1.54) is 16.7 Å². The molecule has 2 heterocycles. The van der Waals surface area contributed by atoms with Gasteiger partial charge in [-0.05, 0) is 31.2 Å². The van der Waals surface area contributed by atoms with Crippen LogP contribution < -0.4 is 19.9 Å². The molecule has 2 aromatic rings. The lowest BCUT2D eigenvalue weighted by Gasteiger charge is -2.31. The summed E-state index contributed by atoms with van der Waals surface area (Å²) >= 11 is 0. The highest BCUT2D eigenvalue weighted by Crippen LogP contribution is 2.32. The van der Waals surface area contributed by atoms with Gasteiger partial charge in [-0.2, -0.15) is 0 Å². The number of benzene rings is 2. The van der Waals surface area contributed by atoms with Crippen LogP contribution in [0.1, 0.15) is 13.3 Å². The molecule has 0 aliphatic carbocycles. The smallest absolute Gasteiger partial charge is 0.308 e. The topological polar surface area (TPSA) is 105 Å². The average molecular weight is 423 g/mol. The Morgan fingerprint density at radius 3 is 2.61 bits per heavy atom. The van der Waals surface area contributed by atoms with Crippen molar-refractivity contribution in [3.8, 4) is 5.75 Å². The Morgan fingerprint density at radius 1 is 1.10 bits per heavy atom. The van der Waals surface area contributed by atoms with E-state index in [9.17, 15) is 19.2 Å². The fourth-order valence-corrected chi connectivity index (χ4v) is 3.56. The summed E-state index contributed by atoms with van der Waals surface area (Å²) in [6, 6.07) is 14.0. The molecule has 160 valence electrons. The van der Waals surface area contributed by atoms with Gasteiger partial charge < -0.3 is 19.7 Å². The highest BCUT2D eigenvalue weighted by Gasteiger charge is 2.32. The first-order chi connectivity index (χ1) is 14.9. The number of esters is 1. The highest BCUT2D eigenvalue weighted by molar-refractivity contribution is 6.11. The van der Waals surface area contributed by atoms with Crippen LogP contribution in [0.5, 0.6) is 5.75 Å². The molecule has 2 aliphatic heterocycles. The molecule has 0 unspecified atom stereocenters. The van der Waals surface area contributed by atoms with Crippen LogP contribution in [0, 0.1) is 0 Å². The van der Waals surface area contributed by atoms with E-state index in [-0.39, 0.29) is 37.9 Å². The molecule has 9 nitrogen and oxygen atoms in total. The zero-order valence-electron chi connectivity index (χ0n) is 16.9. The zero-order valence-corrected chi connectivity index (χ0v) is 16.9. The van der Waals surface area contributed by atoms with Crippen molar-refractivity contribution >= 4 is 40.8 Å². The molecule has 2 aliphatic rings. The van der Waals surface area contributed by atoms with Gasteiger partial charge in [0, 0.05) is 6.54 Å². The van der Waals surface area contributed by atoms with Gasteiger partial charge in [0.2, 0.25) is 5.91 Å². The van der Waals surface area contributed by atoms with Crippen molar-refractivity contribution < 1.29 is 28.7 Å². The van der Waals surface area contributed by atoms with Crippen LogP contribution in [-0.2, 0) is 23.9 Å². The summed E-state index contributed by atoms with van der Waals surface area (Å²) in [5.74, 6) is -1.13. The van der Waals surface area contributed by atoms with Crippen LogP contribution in [0.4, 0.5) is 17.1 Å². The van der Waals surface area contributed by atoms with E-state index in [4.69, 9.17) is 9.47 Å². The highest BCUT2D eigenvalue weighted by atomic mass is 16.5. The fraction of sp³-hybridized carbons (Fsp3) is 0.273. The number of carbonyl (C=O) groups is 4. The number of nitrogens with zero attached hydrogens (tertiary/aromatic N) is 2. The summed E-state index contributed by atoms with van der Waals surface area (Å²) in [6.45, 7) is 1.31. The minimum Gasteiger partial charge on any atom is -0.482 e. The molecule has 0 radical (unpaired) electrons. The number of rotatable bonds is 5. The Labute approximate surface area is 178 Å². The van der Waals surface area contributed by atoms with Crippen LogP contribution in [0.2, 0.25) is 0 Å². The minimum absolute atomic E-state index is 0.0885. The number of hydrogen-bond acceptors (Lipinski definition) is 6. The molecule has 0 saturated carbocycles. The number of fused-ring (bicyclic) bond motifs is 2. The Balaban J connectivity index is 1.38. The summed E-state index contributed by atoms with van der Waals surface area (Å²) in [7, 11) is 0. The van der Waals surface area contributed by atoms with Gasteiger partial charge in [-0.1, -0.05) is 24.3 Å². The second-order valence-electron chi connectivity index (χ2n) is 7.17. The monoisotopic (exact) mass is 423 g/mol. The molecule has 1 atom stereocenters. The van der Waals surface area contributed by atoms with Crippen LogP contribution >= 0.6 is 0 Å². The van der Waals surface area contributed by atoms with Crippen LogP contribution in [-0.4, -0.2) is 49.5 Å². The second-order valence-corrected chi connectivity index (χ2v) is 7.17. The summed E-state index contributed by atoms with van der Waals surface area (Å²) in [5.41, 5.74) is 1.66. The molecule has 31 heavy (non-hydrogen) atoms. The first-order valence-corrected chi connectivity index (χ1v) is 9.86. The summed E-state index contributed by atoms with van der Waals surface area (Å²) < 4.78 is 10.7. The SMILES string of the molecule is C[C@H](OC(=O)CCN1C(=O)COc2ccccc21)C(=O)N1CC(=O)Nc2ccccc21. The van der Waals surface area contributed by atoms with Gasteiger partial charge in [-0.25, -0.2) is 0 Å². The van der Waals surface area contributed by atoms with Crippen molar-refractivity contribution in [1.29, 1.82) is 0 Å². The lowest BCUT2D eigenvalue weighted by atomic mass is 10.1. The number of carbonyl (C=O) groups excluding carboxylic acids is 4. The predicted molar refractivity (Wildman–Crippen MR) is 112 cm³/mol. The van der Waals surface area contributed by atoms with Gasteiger partial charge >= 0.3 is 5.97 Å². The number of ether oxygens (including phenoxy) is 2. The number of amides is 3. The molecule has 0 bridgehead atoms. The molecule has 3 amide bonds. The normalized spacial score (nSPS) is 15.9. The van der Waals surface area contributed by atoms with Crippen LogP contribution in [0.3, 0.4) is 0 Å². The Hall–Kier alpha value is -3.88. The molecule has 4 rings (SSSR count). The van der Waals surface area contributed by atoms with E-state index < -0.39 is 18.0 Å². The van der Waals surface area contributed by atoms with Crippen molar-refractivity contribution in [3.05, 3.63) is 48.5 Å². The molecule has 1 N–H and O–H groups in total. The van der Waals surface area contributed by atoms with Crippen molar-refractivity contribution in [2.75, 3.05) is 34.8 Å². The predicted octanol–water partition coefficient (Wildman–Crippen LogP) is 1.72. The minimum atomic E-state index is -1.08. The van der Waals surface area contributed by atoms with E-state index in [1.807, 2.05) is 0 Å². The molecular weight excluding hydrogens is 402 g/mol. The largest absolute Gasteiger partial charge is 0.482 e. The number of para-hydroxylation sites is 4. The first-order valence-electron chi connectivity index (χ1n) is 9.86. The van der Waals surface area contributed by atoms with E-state index in [2.05, 4.69) is 5.32 Å². The van der Waals surface area contributed by atoms with Gasteiger partial charge in [-0.15, -0.1) is 0 Å². The maximum Gasteiger partial charge on any atom is 0.308 e. The second kappa shape index (κ2) is 8.47. The van der Waals surface area contributed by atoms with Crippen molar-refractivity contribution in [1.82, 2.24) is 0 Å². The zero-order chi connectivity index (χ0) is 22.0. The molecule has 9 heteroatoms. The van der Waals surface area contributed by atoms with Gasteiger partial charge in [0.05, 0.1) is 23.5 Å². The van der Waals surface area contributed by atoms with Crippen LogP contribution in [0.15, 0.2) is 48.5 Å². The molecule has 0 spiro atoms. The number of anilines is 3. The van der Waals surface area contributed by atoms with Crippen LogP contribution in [0.25, 0.3) is 0 Å². The van der Waals surface area contributed by atoms with E-state index in [0.29, 0.717) is 22.8 Å². The lowest BCUT2D eigenvalue weighted by Crippen LogP contribution is -2.47. The quantitative estimate of drug-likeness (QED) is 0.735. The van der Waals surface area contributed by atoms with E-state index in [1.54, 1.807) is 48.5 Å². The maximum absolute atomic E-state index is 12.9. The van der Waals surface area contributed by atoms with E-state index >= 15 is 0 Å². The molecular formula is C22H21N3O6. The van der Waals surface area contributed by atoms with Gasteiger partial charge in [-0.3, -0.25) is 24.1 Å². The van der Waals surface area contributed by atoms with Gasteiger partial charge in [0.25, 0.3) is 11.8 Å². The Morgan fingerprint density at radius 2 is 1.81 bits per heavy atom. The standard InChI is InChI=1S/C22H21N3O6/c1-14(22(29)25-12-19(26)23-15-6-2-3-7-16(15)25)31-21(28)10-11-24-17-8-4-5-9-18(17)30-13-20(24)27/h2-9,14H,10-13H2,1H3,(H,23,26)/t14-/m0/s1. The molecule has 2 aromatic carbocycles.